The number of rotatable bonds is 7. The number of hydrogen-bond acceptors (Lipinski definition) is 9. The van der Waals surface area contributed by atoms with Crippen LogP contribution in [0.15, 0.2) is 91.5 Å². The zero-order chi connectivity index (χ0) is 29.9. The number of anilines is 1. The van der Waals surface area contributed by atoms with E-state index >= 15 is 0 Å². The number of imidazole rings is 1. The van der Waals surface area contributed by atoms with E-state index in [9.17, 15) is 4.39 Å². The van der Waals surface area contributed by atoms with E-state index in [0.29, 0.717) is 28.9 Å². The summed E-state index contributed by atoms with van der Waals surface area (Å²) < 4.78 is 15.5. The summed E-state index contributed by atoms with van der Waals surface area (Å²) >= 11 is 0. The van der Waals surface area contributed by atoms with Crippen molar-refractivity contribution < 1.29 is 4.39 Å². The molecule has 10 nitrogen and oxygen atoms in total. The number of nitriles is 1. The molecule has 1 N–H and O–H groups in total. The van der Waals surface area contributed by atoms with Gasteiger partial charge in [0.05, 0.1) is 17.6 Å². The Labute approximate surface area is 252 Å². The summed E-state index contributed by atoms with van der Waals surface area (Å²) in [5.74, 6) is 1.21. The van der Waals surface area contributed by atoms with E-state index in [-0.39, 0.29) is 5.82 Å². The smallest absolute Gasteiger partial charge is 0.234 e. The number of nitrogens with one attached hydrogen (secondary N) is 1. The summed E-state index contributed by atoms with van der Waals surface area (Å²) in [5, 5.41) is 12.5. The Kier molecular flexibility index (Phi) is 7.40. The van der Waals surface area contributed by atoms with E-state index in [0.717, 1.165) is 55.1 Å². The number of aromatic nitrogens is 7. The molecule has 0 bridgehead atoms. The third-order valence-corrected chi connectivity index (χ3v) is 7.71. The molecule has 44 heavy (non-hydrogen) atoms. The van der Waals surface area contributed by atoms with Gasteiger partial charge in [-0.3, -0.25) is 19.4 Å². The molecule has 0 aliphatic carbocycles. The van der Waals surface area contributed by atoms with Crippen LogP contribution in [-0.2, 0) is 6.54 Å². The van der Waals surface area contributed by atoms with Crippen LogP contribution in [0.1, 0.15) is 24.2 Å². The third-order valence-electron chi connectivity index (χ3n) is 7.71. The Hall–Kier alpha value is -5.60. The van der Waals surface area contributed by atoms with Gasteiger partial charge in [0.15, 0.2) is 5.65 Å². The van der Waals surface area contributed by atoms with Gasteiger partial charge in [0.25, 0.3) is 0 Å². The summed E-state index contributed by atoms with van der Waals surface area (Å²) in [6.07, 6.45) is 8.30. The molecule has 1 saturated heterocycles. The lowest BCUT2D eigenvalue weighted by Gasteiger charge is -2.32. The van der Waals surface area contributed by atoms with Crippen LogP contribution in [0.2, 0.25) is 0 Å². The minimum Gasteiger partial charge on any atom is -0.367 e. The molecule has 7 rings (SSSR count). The van der Waals surface area contributed by atoms with Crippen LogP contribution < -0.4 is 5.32 Å². The van der Waals surface area contributed by atoms with Crippen LogP contribution in [0, 0.1) is 17.1 Å². The fourth-order valence-corrected chi connectivity index (χ4v) is 5.51. The van der Waals surface area contributed by atoms with Crippen molar-refractivity contribution in [3.63, 3.8) is 0 Å². The van der Waals surface area contributed by atoms with Gasteiger partial charge in [-0.05, 0) is 73.0 Å². The van der Waals surface area contributed by atoms with E-state index in [1.165, 1.54) is 17.8 Å². The Balaban J connectivity index is 1.11. The van der Waals surface area contributed by atoms with Crippen molar-refractivity contribution in [2.24, 2.45) is 0 Å². The Morgan fingerprint density at radius 1 is 0.864 bits per heavy atom. The van der Waals surface area contributed by atoms with E-state index < -0.39 is 5.82 Å². The second-order valence-corrected chi connectivity index (χ2v) is 10.7. The fraction of sp³-hybridized carbons (Fsp3) is 0.182. The predicted molar refractivity (Wildman–Crippen MR) is 164 cm³/mol. The first-order valence-corrected chi connectivity index (χ1v) is 14.4. The van der Waals surface area contributed by atoms with Gasteiger partial charge in [-0.1, -0.05) is 12.1 Å². The average Bonchev–Trinajstić information content (AvgIpc) is 3.46. The van der Waals surface area contributed by atoms with Crippen LogP contribution >= 0.6 is 0 Å². The average molecular weight is 583 g/mol. The monoisotopic (exact) mass is 582 g/mol. The Morgan fingerprint density at radius 3 is 2.45 bits per heavy atom. The van der Waals surface area contributed by atoms with Crippen molar-refractivity contribution in [2.45, 2.75) is 25.4 Å². The van der Waals surface area contributed by atoms with Gasteiger partial charge in [-0.25, -0.2) is 24.3 Å². The largest absolute Gasteiger partial charge is 0.367 e. The molecule has 1 aliphatic heterocycles. The van der Waals surface area contributed by atoms with Crippen molar-refractivity contribution in [3.8, 4) is 34.5 Å². The highest BCUT2D eigenvalue weighted by molar-refractivity contribution is 5.82. The maximum atomic E-state index is 13.5. The molecule has 6 aromatic rings. The standard InChI is InChI=1S/C33H27FN10/c34-24-5-8-27(38-20-24)28-9-10-29-33(40-28)44(32(41-29)23-2-1-14-36-19-23)26-6-3-22(4-7-26)21-43-16-12-25(13-17-43)39-30-11-15-37-31(18-35)42-30/h1-11,14-15,19-20,25H,12-13,16-17,21H2,(H,37,39,42). The van der Waals surface area contributed by atoms with Gasteiger partial charge >= 0.3 is 0 Å². The zero-order valence-corrected chi connectivity index (χ0v) is 23.7. The second-order valence-electron chi connectivity index (χ2n) is 10.7. The number of hydrogen-bond donors (Lipinski definition) is 1. The molecule has 216 valence electrons. The van der Waals surface area contributed by atoms with E-state index in [4.69, 9.17) is 15.2 Å². The fourth-order valence-electron chi connectivity index (χ4n) is 5.51. The van der Waals surface area contributed by atoms with E-state index in [1.54, 1.807) is 30.7 Å². The van der Waals surface area contributed by atoms with Crippen molar-refractivity contribution in [1.82, 2.24) is 39.4 Å². The number of pyridine rings is 3. The molecule has 0 unspecified atom stereocenters. The molecule has 11 heteroatoms. The molecule has 0 atom stereocenters. The van der Waals surface area contributed by atoms with Gasteiger partial charge in [-0.2, -0.15) is 5.26 Å². The summed E-state index contributed by atoms with van der Waals surface area (Å²) in [6.45, 7) is 2.76. The van der Waals surface area contributed by atoms with Crippen LogP contribution in [-0.4, -0.2) is 58.5 Å². The highest BCUT2D eigenvalue weighted by Gasteiger charge is 2.21. The Morgan fingerprint density at radius 2 is 1.70 bits per heavy atom. The molecule has 6 heterocycles. The summed E-state index contributed by atoms with van der Waals surface area (Å²) in [5.41, 5.74) is 5.65. The lowest BCUT2D eigenvalue weighted by Crippen LogP contribution is -2.38. The number of fused-ring (bicyclic) bond motifs is 1. The topological polar surface area (TPSA) is 121 Å². The molecule has 0 spiro atoms. The minimum absolute atomic E-state index is 0.174. The first kappa shape index (κ1) is 27.2. The van der Waals surface area contributed by atoms with Gasteiger partial charge in [0.1, 0.15) is 29.0 Å². The minimum atomic E-state index is -0.391. The van der Waals surface area contributed by atoms with Crippen molar-refractivity contribution >= 4 is 17.0 Å². The molecule has 0 saturated carbocycles. The Bertz CT molecular complexity index is 1940. The quantitative estimate of drug-likeness (QED) is 0.263. The number of piperidine rings is 1. The predicted octanol–water partition coefficient (Wildman–Crippen LogP) is 5.42. The van der Waals surface area contributed by atoms with E-state index in [1.807, 2.05) is 34.9 Å². The molecular formula is C33H27FN10. The first-order valence-electron chi connectivity index (χ1n) is 14.4. The molecule has 1 aliphatic rings. The highest BCUT2D eigenvalue weighted by Crippen LogP contribution is 2.29. The van der Waals surface area contributed by atoms with Crippen LogP contribution in [0.25, 0.3) is 39.6 Å². The van der Waals surface area contributed by atoms with Crippen LogP contribution in [0.5, 0.6) is 0 Å². The number of nitrogens with zero attached hydrogens (tertiary/aromatic N) is 9. The molecule has 5 aromatic heterocycles. The normalized spacial score (nSPS) is 14.0. The molecular weight excluding hydrogens is 555 g/mol. The molecule has 0 radical (unpaired) electrons. The lowest BCUT2D eigenvalue weighted by atomic mass is 10.0. The maximum absolute atomic E-state index is 13.5. The summed E-state index contributed by atoms with van der Waals surface area (Å²) in [4.78, 5) is 29.0. The van der Waals surface area contributed by atoms with Gasteiger partial charge < -0.3 is 5.32 Å². The van der Waals surface area contributed by atoms with Gasteiger partial charge in [-0.15, -0.1) is 0 Å². The van der Waals surface area contributed by atoms with Gasteiger partial charge in [0, 0.05) is 55.5 Å². The van der Waals surface area contributed by atoms with Crippen molar-refractivity contribution in [1.29, 1.82) is 5.26 Å². The van der Waals surface area contributed by atoms with Gasteiger partial charge in [0.2, 0.25) is 5.82 Å². The lowest BCUT2D eigenvalue weighted by molar-refractivity contribution is 0.211. The molecule has 1 fully saturated rings. The zero-order valence-electron chi connectivity index (χ0n) is 23.7. The van der Waals surface area contributed by atoms with Crippen LogP contribution in [0.4, 0.5) is 10.2 Å². The first-order chi connectivity index (χ1) is 21.6. The SMILES string of the molecule is N#Cc1nccc(NC2CCN(Cc3ccc(-n4c(-c5cccnc5)nc5ccc(-c6ccc(F)cn6)nc54)cc3)CC2)n1. The van der Waals surface area contributed by atoms with Crippen molar-refractivity contribution in [2.75, 3.05) is 18.4 Å². The number of halogens is 1. The maximum Gasteiger partial charge on any atom is 0.234 e. The third kappa shape index (κ3) is 5.71. The highest BCUT2D eigenvalue weighted by atomic mass is 19.1. The van der Waals surface area contributed by atoms with Crippen LogP contribution in [0.3, 0.4) is 0 Å². The second kappa shape index (κ2) is 11.9. The molecule has 1 aromatic carbocycles. The number of likely N-dealkylation sites (tertiary alicyclic amines) is 1. The number of benzene rings is 1. The summed E-state index contributed by atoms with van der Waals surface area (Å²) in [7, 11) is 0. The molecule has 0 amide bonds. The summed E-state index contributed by atoms with van der Waals surface area (Å²) in [6, 6.07) is 23.2. The van der Waals surface area contributed by atoms with Crippen molar-refractivity contribution in [3.05, 3.63) is 109 Å². The van der Waals surface area contributed by atoms with E-state index in [2.05, 4.69) is 54.4 Å².